The maximum Gasteiger partial charge on any atom is 0.269 e. The first-order valence-corrected chi connectivity index (χ1v) is 6.96. The molecule has 0 bridgehead atoms. The first-order valence-electron chi connectivity index (χ1n) is 6.96. The van der Waals surface area contributed by atoms with E-state index in [2.05, 4.69) is 5.32 Å². The molecule has 0 atom stereocenters. The number of non-ortho nitro benzene ring substituents is 1. The van der Waals surface area contributed by atoms with E-state index < -0.39 is 4.92 Å². The second-order valence-corrected chi connectivity index (χ2v) is 5.19. The van der Waals surface area contributed by atoms with Crippen molar-refractivity contribution in [2.75, 3.05) is 38.5 Å². The summed E-state index contributed by atoms with van der Waals surface area (Å²) < 4.78 is 0. The number of carbonyl (C=O) groups excluding carboxylic acids is 2. The fraction of sp³-hybridized carbons (Fsp3) is 0.429. The Morgan fingerprint density at radius 2 is 1.95 bits per heavy atom. The molecule has 0 spiro atoms. The van der Waals surface area contributed by atoms with E-state index in [0.717, 1.165) is 0 Å². The average Bonchev–Trinajstić information content (AvgIpc) is 2.63. The number of likely N-dealkylation sites (N-methyl/N-ethyl adjacent to an activating group) is 1. The van der Waals surface area contributed by atoms with Crippen molar-refractivity contribution in [3.05, 3.63) is 34.4 Å². The van der Waals surface area contributed by atoms with Crippen molar-refractivity contribution < 1.29 is 14.5 Å². The standard InChI is InChI=1S/C14H18N4O4/c1-16-8-9-17(7-6-14(16)20)10-13(19)15-11-2-4-12(5-3-11)18(21)22/h2-5H,6-10H2,1H3,(H,15,19). The minimum atomic E-state index is -0.490. The van der Waals surface area contributed by atoms with Crippen LogP contribution in [0.1, 0.15) is 6.42 Å². The van der Waals surface area contributed by atoms with Crippen LogP contribution in [0.4, 0.5) is 11.4 Å². The Balaban J connectivity index is 1.87. The van der Waals surface area contributed by atoms with Gasteiger partial charge in [0, 0.05) is 50.9 Å². The van der Waals surface area contributed by atoms with Crippen LogP contribution in [0.15, 0.2) is 24.3 Å². The number of anilines is 1. The van der Waals surface area contributed by atoms with Gasteiger partial charge in [0.25, 0.3) is 5.69 Å². The van der Waals surface area contributed by atoms with Crippen molar-refractivity contribution in [3.8, 4) is 0 Å². The molecule has 8 nitrogen and oxygen atoms in total. The highest BCUT2D eigenvalue weighted by molar-refractivity contribution is 5.92. The fourth-order valence-electron chi connectivity index (χ4n) is 2.20. The summed E-state index contributed by atoms with van der Waals surface area (Å²) in [6, 6.07) is 5.68. The Hall–Kier alpha value is -2.48. The van der Waals surface area contributed by atoms with Gasteiger partial charge in [0.1, 0.15) is 0 Å². The molecule has 1 aromatic carbocycles. The average molecular weight is 306 g/mol. The molecule has 1 aliphatic rings. The number of rotatable bonds is 4. The first-order chi connectivity index (χ1) is 10.5. The summed E-state index contributed by atoms with van der Waals surface area (Å²) in [5.41, 5.74) is 0.491. The number of benzene rings is 1. The van der Waals surface area contributed by atoms with E-state index in [1.54, 1.807) is 11.9 Å². The Morgan fingerprint density at radius 3 is 2.59 bits per heavy atom. The molecule has 2 rings (SSSR count). The van der Waals surface area contributed by atoms with E-state index in [4.69, 9.17) is 0 Å². The third-order valence-corrected chi connectivity index (χ3v) is 3.55. The molecule has 1 fully saturated rings. The summed E-state index contributed by atoms with van der Waals surface area (Å²) in [4.78, 5) is 37.2. The van der Waals surface area contributed by atoms with Gasteiger partial charge in [-0.3, -0.25) is 24.6 Å². The number of amides is 2. The predicted molar refractivity (Wildman–Crippen MR) is 80.4 cm³/mol. The van der Waals surface area contributed by atoms with Gasteiger partial charge in [-0.2, -0.15) is 0 Å². The maximum absolute atomic E-state index is 12.0. The summed E-state index contributed by atoms with van der Waals surface area (Å²) in [5.74, 6) is -0.121. The smallest absolute Gasteiger partial charge is 0.269 e. The van der Waals surface area contributed by atoms with Crippen molar-refractivity contribution in [1.29, 1.82) is 0 Å². The lowest BCUT2D eigenvalue weighted by Gasteiger charge is -2.19. The van der Waals surface area contributed by atoms with Crippen LogP contribution in [0.2, 0.25) is 0 Å². The maximum atomic E-state index is 12.0. The van der Waals surface area contributed by atoms with Crippen LogP contribution in [0.3, 0.4) is 0 Å². The minimum Gasteiger partial charge on any atom is -0.344 e. The van der Waals surface area contributed by atoms with Crippen molar-refractivity contribution in [2.24, 2.45) is 0 Å². The summed E-state index contributed by atoms with van der Waals surface area (Å²) >= 11 is 0. The topological polar surface area (TPSA) is 95.8 Å². The van der Waals surface area contributed by atoms with Gasteiger partial charge in [0.05, 0.1) is 11.5 Å². The SMILES string of the molecule is CN1CCN(CC(=O)Nc2ccc([N+](=O)[O-])cc2)CCC1=O. The molecule has 0 aliphatic carbocycles. The van der Waals surface area contributed by atoms with Gasteiger partial charge >= 0.3 is 0 Å². The van der Waals surface area contributed by atoms with E-state index in [0.29, 0.717) is 31.7 Å². The van der Waals surface area contributed by atoms with Gasteiger partial charge in [0.15, 0.2) is 0 Å². The van der Waals surface area contributed by atoms with E-state index in [9.17, 15) is 19.7 Å². The van der Waals surface area contributed by atoms with Crippen LogP contribution in [-0.4, -0.2) is 59.8 Å². The van der Waals surface area contributed by atoms with Crippen molar-refractivity contribution >= 4 is 23.2 Å². The molecule has 0 radical (unpaired) electrons. The normalized spacial score (nSPS) is 16.2. The quantitative estimate of drug-likeness (QED) is 0.652. The molecular weight excluding hydrogens is 288 g/mol. The van der Waals surface area contributed by atoms with Gasteiger partial charge in [-0.05, 0) is 12.1 Å². The Bertz CT molecular complexity index is 573. The zero-order chi connectivity index (χ0) is 16.1. The second-order valence-electron chi connectivity index (χ2n) is 5.19. The summed E-state index contributed by atoms with van der Waals surface area (Å²) in [5, 5.41) is 13.3. The predicted octanol–water partition coefficient (Wildman–Crippen LogP) is 0.697. The molecule has 0 unspecified atom stereocenters. The van der Waals surface area contributed by atoms with Crippen molar-refractivity contribution in [1.82, 2.24) is 9.80 Å². The van der Waals surface area contributed by atoms with E-state index in [-0.39, 0.29) is 24.0 Å². The Kier molecular flexibility index (Phi) is 5.05. The van der Waals surface area contributed by atoms with Crippen LogP contribution >= 0.6 is 0 Å². The number of hydrogen-bond donors (Lipinski definition) is 1. The molecule has 22 heavy (non-hydrogen) atoms. The largest absolute Gasteiger partial charge is 0.344 e. The summed E-state index contributed by atoms with van der Waals surface area (Å²) in [7, 11) is 1.75. The van der Waals surface area contributed by atoms with Crippen LogP contribution < -0.4 is 5.32 Å². The molecule has 118 valence electrons. The lowest BCUT2D eigenvalue weighted by Crippen LogP contribution is -2.36. The first kappa shape index (κ1) is 15.9. The molecule has 1 saturated heterocycles. The molecule has 1 aromatic rings. The van der Waals surface area contributed by atoms with Crippen LogP contribution in [0, 0.1) is 10.1 Å². The van der Waals surface area contributed by atoms with E-state index in [1.165, 1.54) is 24.3 Å². The summed E-state index contributed by atoms with van der Waals surface area (Å²) in [6.45, 7) is 1.99. The van der Waals surface area contributed by atoms with Crippen LogP contribution in [0.5, 0.6) is 0 Å². The van der Waals surface area contributed by atoms with E-state index in [1.807, 2.05) is 4.90 Å². The molecular formula is C14H18N4O4. The molecule has 1 heterocycles. The van der Waals surface area contributed by atoms with Crippen molar-refractivity contribution in [3.63, 3.8) is 0 Å². The number of carbonyl (C=O) groups is 2. The van der Waals surface area contributed by atoms with Gasteiger partial charge in [0.2, 0.25) is 11.8 Å². The molecule has 8 heteroatoms. The van der Waals surface area contributed by atoms with Crippen LogP contribution in [0.25, 0.3) is 0 Å². The highest BCUT2D eigenvalue weighted by Crippen LogP contribution is 2.15. The zero-order valence-corrected chi connectivity index (χ0v) is 12.3. The number of nitrogens with one attached hydrogen (secondary N) is 1. The van der Waals surface area contributed by atoms with Crippen molar-refractivity contribution in [2.45, 2.75) is 6.42 Å². The number of nitro benzene ring substituents is 1. The highest BCUT2D eigenvalue weighted by Gasteiger charge is 2.19. The monoisotopic (exact) mass is 306 g/mol. The third-order valence-electron chi connectivity index (χ3n) is 3.55. The lowest BCUT2D eigenvalue weighted by molar-refractivity contribution is -0.384. The molecule has 0 aromatic heterocycles. The van der Waals surface area contributed by atoms with E-state index >= 15 is 0 Å². The Morgan fingerprint density at radius 1 is 1.27 bits per heavy atom. The Labute approximate surface area is 127 Å². The third kappa shape index (κ3) is 4.26. The zero-order valence-electron chi connectivity index (χ0n) is 12.3. The second kappa shape index (κ2) is 6.99. The molecule has 1 N–H and O–H groups in total. The molecule has 2 amide bonds. The van der Waals surface area contributed by atoms with Crippen LogP contribution in [-0.2, 0) is 9.59 Å². The van der Waals surface area contributed by atoms with Gasteiger partial charge < -0.3 is 10.2 Å². The minimum absolute atomic E-state index is 0.0212. The number of hydrogen-bond acceptors (Lipinski definition) is 5. The fourth-order valence-corrected chi connectivity index (χ4v) is 2.20. The highest BCUT2D eigenvalue weighted by atomic mass is 16.6. The molecule has 0 saturated carbocycles. The van der Waals surface area contributed by atoms with Gasteiger partial charge in [-0.25, -0.2) is 0 Å². The lowest BCUT2D eigenvalue weighted by atomic mass is 10.3. The number of nitro groups is 1. The van der Waals surface area contributed by atoms with Gasteiger partial charge in [-0.15, -0.1) is 0 Å². The summed E-state index contributed by atoms with van der Waals surface area (Å²) in [6.07, 6.45) is 0.404. The number of nitrogens with zero attached hydrogens (tertiary/aromatic N) is 3. The van der Waals surface area contributed by atoms with Gasteiger partial charge in [-0.1, -0.05) is 0 Å². The molecule has 1 aliphatic heterocycles.